The van der Waals surface area contributed by atoms with E-state index in [9.17, 15) is 8.42 Å². The number of aryl methyl sites for hydroxylation is 2. The molecule has 3 N–H and O–H groups in total. The van der Waals surface area contributed by atoms with Crippen molar-refractivity contribution in [3.05, 3.63) is 29.3 Å². The molecule has 0 spiro atoms. The molecule has 0 aliphatic carbocycles. The quantitative estimate of drug-likeness (QED) is 0.812. The largest absolute Gasteiger partial charge is 0.392 e. The van der Waals surface area contributed by atoms with Gasteiger partial charge in [0.05, 0.1) is 4.99 Å². The second-order valence-electron chi connectivity index (χ2n) is 4.19. The van der Waals surface area contributed by atoms with E-state index in [0.717, 1.165) is 17.5 Å². The molecule has 1 unspecified atom stereocenters. The lowest BCUT2D eigenvalue weighted by Gasteiger charge is -2.14. The lowest BCUT2D eigenvalue weighted by Crippen LogP contribution is -2.35. The van der Waals surface area contributed by atoms with Crippen molar-refractivity contribution in [2.45, 2.75) is 32.4 Å². The molecule has 0 aliphatic heterocycles. The highest BCUT2D eigenvalue weighted by molar-refractivity contribution is 7.95. The number of nitrogens with two attached hydrogens (primary N) is 1. The van der Waals surface area contributed by atoms with Gasteiger partial charge in [0.15, 0.2) is 0 Å². The fourth-order valence-corrected chi connectivity index (χ4v) is 2.84. The molecule has 1 rings (SSSR count). The molecule has 0 fully saturated rings. The van der Waals surface area contributed by atoms with Crippen LogP contribution in [-0.2, 0) is 16.4 Å². The van der Waals surface area contributed by atoms with E-state index in [2.05, 4.69) is 4.72 Å². The fourth-order valence-electron chi connectivity index (χ4n) is 1.52. The van der Waals surface area contributed by atoms with Crippen molar-refractivity contribution in [2.24, 2.45) is 5.73 Å². The van der Waals surface area contributed by atoms with Gasteiger partial charge in [-0.25, -0.2) is 8.42 Å². The van der Waals surface area contributed by atoms with Crippen LogP contribution in [0.1, 0.15) is 25.0 Å². The molecule has 6 heteroatoms. The number of hydrogen-bond acceptors (Lipinski definition) is 3. The van der Waals surface area contributed by atoms with Crippen molar-refractivity contribution in [1.82, 2.24) is 0 Å². The first-order chi connectivity index (χ1) is 8.27. The Labute approximate surface area is 114 Å². The Hall–Kier alpha value is -1.14. The van der Waals surface area contributed by atoms with E-state index in [1.807, 2.05) is 26.0 Å². The van der Waals surface area contributed by atoms with Crippen molar-refractivity contribution in [3.8, 4) is 0 Å². The van der Waals surface area contributed by atoms with Crippen molar-refractivity contribution >= 4 is 32.9 Å². The minimum Gasteiger partial charge on any atom is -0.392 e. The van der Waals surface area contributed by atoms with Gasteiger partial charge in [0, 0.05) is 5.69 Å². The predicted molar refractivity (Wildman–Crippen MR) is 79.3 cm³/mol. The number of thiocarbonyl (C=S) groups is 1. The normalized spacial score (nSPS) is 13.1. The van der Waals surface area contributed by atoms with E-state index in [1.54, 1.807) is 6.07 Å². The molecule has 0 saturated heterocycles. The summed E-state index contributed by atoms with van der Waals surface area (Å²) in [5.74, 6) is 0. The lowest BCUT2D eigenvalue weighted by atomic mass is 10.1. The third-order valence-corrected chi connectivity index (χ3v) is 5.06. The molecule has 1 atom stereocenters. The smallest absolute Gasteiger partial charge is 0.241 e. The monoisotopic (exact) mass is 286 g/mol. The Morgan fingerprint density at radius 1 is 1.50 bits per heavy atom. The number of sulfonamides is 1. The number of benzene rings is 1. The maximum atomic E-state index is 11.9. The van der Waals surface area contributed by atoms with Crippen LogP contribution in [0.3, 0.4) is 0 Å². The van der Waals surface area contributed by atoms with Crippen molar-refractivity contribution in [1.29, 1.82) is 0 Å². The molecule has 4 nitrogen and oxygen atoms in total. The topological polar surface area (TPSA) is 72.2 Å². The van der Waals surface area contributed by atoms with Gasteiger partial charge in [0.25, 0.3) is 0 Å². The Balaban J connectivity index is 3.01. The first-order valence-electron chi connectivity index (χ1n) is 5.68. The third-order valence-electron chi connectivity index (χ3n) is 2.86. The first kappa shape index (κ1) is 14.9. The van der Waals surface area contributed by atoms with E-state index >= 15 is 0 Å². The molecule has 0 amide bonds. The number of anilines is 1. The van der Waals surface area contributed by atoms with Crippen LogP contribution in [0.5, 0.6) is 0 Å². The zero-order valence-corrected chi connectivity index (χ0v) is 12.4. The van der Waals surface area contributed by atoms with Crippen molar-refractivity contribution in [2.75, 3.05) is 4.72 Å². The van der Waals surface area contributed by atoms with E-state index in [4.69, 9.17) is 18.0 Å². The average molecular weight is 286 g/mol. The van der Waals surface area contributed by atoms with Gasteiger partial charge >= 0.3 is 0 Å². The van der Waals surface area contributed by atoms with Gasteiger partial charge in [-0.05, 0) is 43.5 Å². The van der Waals surface area contributed by atoms with Crippen LogP contribution < -0.4 is 10.5 Å². The lowest BCUT2D eigenvalue weighted by molar-refractivity contribution is 0.598. The van der Waals surface area contributed by atoms with Crippen LogP contribution in [0.15, 0.2) is 18.2 Å². The van der Waals surface area contributed by atoms with Crippen molar-refractivity contribution < 1.29 is 8.42 Å². The predicted octanol–water partition coefficient (Wildman–Crippen LogP) is 1.97. The van der Waals surface area contributed by atoms with Gasteiger partial charge in [-0.15, -0.1) is 0 Å². The molecule has 0 aliphatic rings. The highest BCUT2D eigenvalue weighted by Crippen LogP contribution is 2.18. The SMILES string of the molecule is CCc1cc(NS(=O)(=O)C(C)C(N)=S)ccc1C. The van der Waals surface area contributed by atoms with E-state index < -0.39 is 15.3 Å². The summed E-state index contributed by atoms with van der Waals surface area (Å²) in [4.78, 5) is -0.0367. The molecule has 1 aromatic rings. The highest BCUT2D eigenvalue weighted by atomic mass is 32.2. The molecular formula is C12H18N2O2S2. The van der Waals surface area contributed by atoms with Gasteiger partial charge in [0.2, 0.25) is 10.0 Å². The minimum absolute atomic E-state index is 0.0367. The standard InChI is InChI=1S/C12H18N2O2S2/c1-4-10-7-11(6-5-8(10)2)14-18(15,16)9(3)12(13)17/h5-7,9,14H,4H2,1-3H3,(H2,13,17). The van der Waals surface area contributed by atoms with E-state index in [1.165, 1.54) is 6.92 Å². The molecule has 0 bridgehead atoms. The van der Waals surface area contributed by atoms with Gasteiger partial charge < -0.3 is 5.73 Å². The summed E-state index contributed by atoms with van der Waals surface area (Å²) >= 11 is 4.71. The zero-order valence-electron chi connectivity index (χ0n) is 10.7. The minimum atomic E-state index is -3.57. The van der Waals surface area contributed by atoms with Gasteiger partial charge in [0.1, 0.15) is 5.25 Å². The Kier molecular flexibility index (Phi) is 4.70. The van der Waals surface area contributed by atoms with E-state index in [-0.39, 0.29) is 4.99 Å². The summed E-state index contributed by atoms with van der Waals surface area (Å²) in [5, 5.41) is -0.890. The van der Waals surface area contributed by atoms with Crippen LogP contribution in [0.25, 0.3) is 0 Å². The van der Waals surface area contributed by atoms with Crippen LogP contribution >= 0.6 is 12.2 Å². The molecule has 100 valence electrons. The summed E-state index contributed by atoms with van der Waals surface area (Å²) < 4.78 is 26.4. The number of hydrogen-bond donors (Lipinski definition) is 2. The summed E-state index contributed by atoms with van der Waals surface area (Å²) in [6.07, 6.45) is 0.853. The second kappa shape index (κ2) is 5.67. The van der Waals surface area contributed by atoms with Crippen LogP contribution in [-0.4, -0.2) is 18.7 Å². The zero-order chi connectivity index (χ0) is 13.9. The van der Waals surface area contributed by atoms with Gasteiger partial charge in [-0.2, -0.15) is 0 Å². The molecule has 0 aromatic heterocycles. The molecular weight excluding hydrogens is 268 g/mol. The summed E-state index contributed by atoms with van der Waals surface area (Å²) in [7, 11) is -3.57. The molecule has 0 heterocycles. The fraction of sp³-hybridized carbons (Fsp3) is 0.417. The summed E-state index contributed by atoms with van der Waals surface area (Å²) in [6.45, 7) is 5.49. The first-order valence-corrected chi connectivity index (χ1v) is 7.64. The maximum absolute atomic E-state index is 11.9. The van der Waals surface area contributed by atoms with Gasteiger partial charge in [-0.1, -0.05) is 25.2 Å². The summed E-state index contributed by atoms with van der Waals surface area (Å²) in [5.41, 5.74) is 8.16. The molecule has 18 heavy (non-hydrogen) atoms. The molecule has 0 radical (unpaired) electrons. The third kappa shape index (κ3) is 3.43. The van der Waals surface area contributed by atoms with Crippen LogP contribution in [0.2, 0.25) is 0 Å². The average Bonchev–Trinajstić information content (AvgIpc) is 2.30. The Morgan fingerprint density at radius 3 is 2.61 bits per heavy atom. The van der Waals surface area contributed by atoms with Crippen molar-refractivity contribution in [3.63, 3.8) is 0 Å². The van der Waals surface area contributed by atoms with Crippen LogP contribution in [0.4, 0.5) is 5.69 Å². The Bertz CT molecular complexity index is 553. The van der Waals surface area contributed by atoms with Crippen LogP contribution in [0, 0.1) is 6.92 Å². The number of nitrogens with one attached hydrogen (secondary N) is 1. The summed E-state index contributed by atoms with van der Waals surface area (Å²) in [6, 6.07) is 5.46. The Morgan fingerprint density at radius 2 is 2.11 bits per heavy atom. The van der Waals surface area contributed by atoms with E-state index in [0.29, 0.717) is 5.69 Å². The molecule has 0 saturated carbocycles. The maximum Gasteiger partial charge on any atom is 0.241 e. The number of rotatable bonds is 5. The highest BCUT2D eigenvalue weighted by Gasteiger charge is 2.23. The second-order valence-corrected chi connectivity index (χ2v) is 6.66. The van der Waals surface area contributed by atoms with Gasteiger partial charge in [-0.3, -0.25) is 4.72 Å². The molecule has 1 aromatic carbocycles.